The van der Waals surface area contributed by atoms with Crippen molar-refractivity contribution in [3.63, 3.8) is 0 Å². The van der Waals surface area contributed by atoms with Crippen LogP contribution in [-0.4, -0.2) is 23.0 Å². The summed E-state index contributed by atoms with van der Waals surface area (Å²) >= 11 is 0. The van der Waals surface area contributed by atoms with Crippen molar-refractivity contribution in [1.82, 2.24) is 9.78 Å². The fourth-order valence-corrected chi connectivity index (χ4v) is 2.57. The monoisotopic (exact) mass is 333 g/mol. The van der Waals surface area contributed by atoms with Crippen LogP contribution in [0.15, 0.2) is 54.7 Å². The van der Waals surface area contributed by atoms with Gasteiger partial charge in [-0.25, -0.2) is 0 Å². The summed E-state index contributed by atoms with van der Waals surface area (Å²) in [6, 6.07) is 17.5. The average molecular weight is 333 g/mol. The van der Waals surface area contributed by atoms with Gasteiger partial charge in [-0.2, -0.15) is 10.4 Å². The molecule has 1 heterocycles. The van der Waals surface area contributed by atoms with Crippen LogP contribution < -0.4 is 9.47 Å². The molecule has 3 rings (SSSR count). The molecule has 0 radical (unpaired) electrons. The Morgan fingerprint density at radius 3 is 2.68 bits per heavy atom. The molecular weight excluding hydrogens is 314 g/mol. The first-order valence-electron chi connectivity index (χ1n) is 8.02. The normalized spacial score (nSPS) is 10.3. The Kier molecular flexibility index (Phi) is 5.00. The van der Waals surface area contributed by atoms with E-state index in [1.54, 1.807) is 6.20 Å². The summed E-state index contributed by atoms with van der Waals surface area (Å²) in [5, 5.41) is 13.3. The fraction of sp³-hybridized carbons (Fsp3) is 0.200. The Labute approximate surface area is 147 Å². The van der Waals surface area contributed by atoms with Crippen molar-refractivity contribution in [1.29, 1.82) is 5.26 Å². The zero-order valence-corrected chi connectivity index (χ0v) is 14.3. The summed E-state index contributed by atoms with van der Waals surface area (Å²) in [5.74, 6) is 1.35. The quantitative estimate of drug-likeness (QED) is 0.645. The number of hydrogen-bond acceptors (Lipinski definition) is 4. The molecule has 0 saturated heterocycles. The topological polar surface area (TPSA) is 60.1 Å². The average Bonchev–Trinajstić information content (AvgIpc) is 3.06. The lowest BCUT2D eigenvalue weighted by atomic mass is 10.1. The Morgan fingerprint density at radius 2 is 1.92 bits per heavy atom. The summed E-state index contributed by atoms with van der Waals surface area (Å²) in [6.07, 6.45) is 1.77. The molecule has 25 heavy (non-hydrogen) atoms. The summed E-state index contributed by atoms with van der Waals surface area (Å²) < 4.78 is 13.3. The molecule has 0 fully saturated rings. The number of rotatable bonds is 6. The zero-order valence-electron chi connectivity index (χ0n) is 14.3. The van der Waals surface area contributed by atoms with E-state index in [1.807, 2.05) is 67.2 Å². The molecule has 0 aliphatic rings. The van der Waals surface area contributed by atoms with Gasteiger partial charge in [0.25, 0.3) is 0 Å². The molecule has 0 saturated carbocycles. The van der Waals surface area contributed by atoms with Gasteiger partial charge in [-0.15, -0.1) is 0 Å². The van der Waals surface area contributed by atoms with Crippen LogP contribution in [0.4, 0.5) is 0 Å². The molecule has 0 atom stereocenters. The van der Waals surface area contributed by atoms with Gasteiger partial charge in [0.15, 0.2) is 0 Å². The molecule has 0 N–H and O–H groups in total. The number of nitrogens with zero attached hydrogens (tertiary/aromatic N) is 3. The summed E-state index contributed by atoms with van der Waals surface area (Å²) in [4.78, 5) is 0. The maximum Gasteiger partial charge on any atom is 0.137 e. The van der Waals surface area contributed by atoms with E-state index in [9.17, 15) is 0 Å². The fourth-order valence-electron chi connectivity index (χ4n) is 2.57. The molecule has 0 aliphatic carbocycles. The lowest BCUT2D eigenvalue weighted by Crippen LogP contribution is -2.09. The maximum atomic E-state index is 9.15. The van der Waals surface area contributed by atoms with Gasteiger partial charge in [0.1, 0.15) is 30.8 Å². The predicted molar refractivity (Wildman–Crippen MR) is 95.5 cm³/mol. The second-order valence-corrected chi connectivity index (χ2v) is 5.68. The van der Waals surface area contributed by atoms with E-state index < -0.39 is 0 Å². The van der Waals surface area contributed by atoms with Crippen LogP contribution in [0.25, 0.3) is 11.3 Å². The third kappa shape index (κ3) is 3.99. The molecule has 126 valence electrons. The van der Waals surface area contributed by atoms with E-state index in [0.29, 0.717) is 24.5 Å². The summed E-state index contributed by atoms with van der Waals surface area (Å²) in [6.45, 7) is 2.71. The molecule has 5 heteroatoms. The van der Waals surface area contributed by atoms with E-state index in [0.717, 1.165) is 22.6 Å². The van der Waals surface area contributed by atoms with Gasteiger partial charge in [0.2, 0.25) is 0 Å². The first-order chi connectivity index (χ1) is 12.2. The van der Waals surface area contributed by atoms with Crippen molar-refractivity contribution >= 4 is 0 Å². The molecule has 0 amide bonds. The summed E-state index contributed by atoms with van der Waals surface area (Å²) in [5.41, 5.74) is 3.65. The van der Waals surface area contributed by atoms with Gasteiger partial charge >= 0.3 is 0 Å². The van der Waals surface area contributed by atoms with E-state index in [2.05, 4.69) is 11.2 Å². The molecule has 5 nitrogen and oxygen atoms in total. The van der Waals surface area contributed by atoms with E-state index in [-0.39, 0.29) is 0 Å². The van der Waals surface area contributed by atoms with Gasteiger partial charge in [-0.05, 0) is 42.8 Å². The van der Waals surface area contributed by atoms with Crippen LogP contribution in [0.5, 0.6) is 11.5 Å². The zero-order chi connectivity index (χ0) is 17.6. The van der Waals surface area contributed by atoms with E-state index >= 15 is 0 Å². The molecule has 0 spiro atoms. The molecule has 0 unspecified atom stereocenters. The van der Waals surface area contributed by atoms with Crippen LogP contribution in [0.2, 0.25) is 0 Å². The largest absolute Gasteiger partial charge is 0.490 e. The lowest BCUT2D eigenvalue weighted by Gasteiger charge is -2.11. The van der Waals surface area contributed by atoms with Gasteiger partial charge in [0.05, 0.1) is 11.3 Å². The molecule has 1 aromatic heterocycles. The SMILES string of the molecule is Cc1ccc(OCCOc2cccc(-c3ccnn3C)c2)c(C#N)c1. The number of hydrogen-bond donors (Lipinski definition) is 0. The van der Waals surface area contributed by atoms with Crippen LogP contribution in [0, 0.1) is 18.3 Å². The number of aryl methyl sites for hydroxylation is 2. The maximum absolute atomic E-state index is 9.15. The minimum Gasteiger partial charge on any atom is -0.490 e. The molecule has 2 aromatic carbocycles. The van der Waals surface area contributed by atoms with Crippen molar-refractivity contribution < 1.29 is 9.47 Å². The number of benzene rings is 2. The second-order valence-electron chi connectivity index (χ2n) is 5.68. The smallest absolute Gasteiger partial charge is 0.137 e. The van der Waals surface area contributed by atoms with Crippen LogP contribution in [-0.2, 0) is 7.05 Å². The van der Waals surface area contributed by atoms with Crippen molar-refractivity contribution in [2.45, 2.75) is 6.92 Å². The Hall–Kier alpha value is -3.26. The van der Waals surface area contributed by atoms with Crippen molar-refractivity contribution in [2.24, 2.45) is 7.05 Å². The van der Waals surface area contributed by atoms with E-state index in [4.69, 9.17) is 14.7 Å². The first-order valence-corrected chi connectivity index (χ1v) is 8.02. The highest BCUT2D eigenvalue weighted by molar-refractivity contribution is 5.61. The highest BCUT2D eigenvalue weighted by Crippen LogP contribution is 2.23. The third-order valence-corrected chi connectivity index (χ3v) is 3.82. The number of ether oxygens (including phenoxy) is 2. The number of nitriles is 1. The van der Waals surface area contributed by atoms with E-state index in [1.165, 1.54) is 0 Å². The van der Waals surface area contributed by atoms with Crippen molar-refractivity contribution in [3.05, 3.63) is 65.9 Å². The standard InChI is InChI=1S/C20H19N3O2/c1-15-6-7-20(17(12-15)14-21)25-11-10-24-18-5-3-4-16(13-18)19-8-9-22-23(19)2/h3-9,12-13H,10-11H2,1-2H3. The van der Waals surface area contributed by atoms with Gasteiger partial charge < -0.3 is 9.47 Å². The molecule has 0 bridgehead atoms. The molecular formula is C20H19N3O2. The van der Waals surface area contributed by atoms with Crippen molar-refractivity contribution in [3.8, 4) is 28.8 Å². The summed E-state index contributed by atoms with van der Waals surface area (Å²) in [7, 11) is 1.91. The van der Waals surface area contributed by atoms with Crippen LogP contribution in [0.3, 0.4) is 0 Å². The predicted octanol–water partition coefficient (Wildman–Crippen LogP) is 3.73. The Balaban J connectivity index is 1.58. The third-order valence-electron chi connectivity index (χ3n) is 3.82. The van der Waals surface area contributed by atoms with Gasteiger partial charge in [-0.3, -0.25) is 4.68 Å². The van der Waals surface area contributed by atoms with Crippen LogP contribution >= 0.6 is 0 Å². The van der Waals surface area contributed by atoms with Gasteiger partial charge in [-0.1, -0.05) is 18.2 Å². The van der Waals surface area contributed by atoms with Crippen LogP contribution in [0.1, 0.15) is 11.1 Å². The minimum absolute atomic E-state index is 0.369. The minimum atomic E-state index is 0.369. The first kappa shape index (κ1) is 16.6. The highest BCUT2D eigenvalue weighted by Gasteiger charge is 2.05. The van der Waals surface area contributed by atoms with Gasteiger partial charge in [0, 0.05) is 18.8 Å². The second kappa shape index (κ2) is 7.54. The molecule has 0 aliphatic heterocycles. The molecule has 3 aromatic rings. The number of aromatic nitrogens is 2. The Morgan fingerprint density at radius 1 is 1.08 bits per heavy atom. The lowest BCUT2D eigenvalue weighted by molar-refractivity contribution is 0.217. The highest BCUT2D eigenvalue weighted by atomic mass is 16.5. The van der Waals surface area contributed by atoms with Crippen molar-refractivity contribution in [2.75, 3.05) is 13.2 Å². The Bertz CT molecular complexity index is 909.